The molecule has 0 fully saturated rings. The number of carbonyl (C=O) groups excluding carboxylic acids is 1. The maximum Gasteiger partial charge on any atom is 0.433 e. The summed E-state index contributed by atoms with van der Waals surface area (Å²) < 4.78 is 55.4. The highest BCUT2D eigenvalue weighted by atomic mass is 19.4. The minimum absolute atomic E-state index is 0.171. The molecule has 7 nitrogen and oxygen atoms in total. The lowest BCUT2D eigenvalue weighted by molar-refractivity contribution is -0.141. The van der Waals surface area contributed by atoms with Gasteiger partial charge >= 0.3 is 6.18 Å². The fourth-order valence-corrected chi connectivity index (χ4v) is 4.49. The highest BCUT2D eigenvalue weighted by molar-refractivity contribution is 6.10. The number of nitrogens with zero attached hydrogens (tertiary/aromatic N) is 5. The SMILES string of the molecule is CN(C(=O)c1cc2c(cc1F)nc(N)c1c2cnn1C)[C@@H]1CCc2nc(C(F)(F)F)ccc21. The molecule has 4 aromatic rings. The van der Waals surface area contributed by atoms with E-state index < -0.39 is 29.6 Å². The maximum absolute atomic E-state index is 14.9. The first kappa shape index (κ1) is 21.1. The van der Waals surface area contributed by atoms with Crippen LogP contribution in [0.4, 0.5) is 23.4 Å². The Bertz CT molecular complexity index is 1440. The second-order valence-electron chi connectivity index (χ2n) is 8.08. The predicted octanol–water partition coefficient (Wildman–Crippen LogP) is 4.02. The molecule has 3 heterocycles. The number of hydrogen-bond donors (Lipinski definition) is 1. The van der Waals surface area contributed by atoms with Crippen LogP contribution in [0.15, 0.2) is 30.5 Å². The summed E-state index contributed by atoms with van der Waals surface area (Å²) in [4.78, 5) is 22.6. The number of nitrogen functional groups attached to an aromatic ring is 1. The van der Waals surface area contributed by atoms with Crippen molar-refractivity contribution >= 4 is 33.5 Å². The molecule has 1 aliphatic carbocycles. The number of carbonyl (C=O) groups is 1. The van der Waals surface area contributed by atoms with Crippen LogP contribution in [0.5, 0.6) is 0 Å². The zero-order valence-electron chi connectivity index (χ0n) is 17.6. The summed E-state index contributed by atoms with van der Waals surface area (Å²) in [6, 6.07) is 4.30. The lowest BCUT2D eigenvalue weighted by atomic mass is 10.0. The Morgan fingerprint density at radius 2 is 1.97 bits per heavy atom. The lowest BCUT2D eigenvalue weighted by Crippen LogP contribution is -2.31. The molecule has 0 saturated heterocycles. The number of anilines is 1. The molecule has 2 N–H and O–H groups in total. The maximum atomic E-state index is 14.9. The number of pyridine rings is 2. The van der Waals surface area contributed by atoms with Crippen LogP contribution in [0.2, 0.25) is 0 Å². The van der Waals surface area contributed by atoms with Gasteiger partial charge in [0, 0.05) is 36.6 Å². The number of halogens is 4. The average molecular weight is 458 g/mol. The normalized spacial score (nSPS) is 15.9. The largest absolute Gasteiger partial charge is 0.433 e. The van der Waals surface area contributed by atoms with Gasteiger partial charge in [-0.1, -0.05) is 6.07 Å². The minimum Gasteiger partial charge on any atom is -0.382 e. The van der Waals surface area contributed by atoms with Crippen molar-refractivity contribution in [2.24, 2.45) is 7.05 Å². The van der Waals surface area contributed by atoms with Gasteiger partial charge in [-0.3, -0.25) is 9.48 Å². The van der Waals surface area contributed by atoms with Gasteiger partial charge in [0.15, 0.2) is 0 Å². The van der Waals surface area contributed by atoms with Crippen LogP contribution < -0.4 is 5.73 Å². The van der Waals surface area contributed by atoms with Gasteiger partial charge in [0.2, 0.25) is 0 Å². The molecule has 0 radical (unpaired) electrons. The van der Waals surface area contributed by atoms with E-state index in [1.54, 1.807) is 17.9 Å². The molecule has 1 aromatic carbocycles. The summed E-state index contributed by atoms with van der Waals surface area (Å²) in [7, 11) is 3.20. The van der Waals surface area contributed by atoms with Crippen LogP contribution in [-0.2, 0) is 19.6 Å². The molecule has 0 spiro atoms. The Morgan fingerprint density at radius 1 is 1.21 bits per heavy atom. The van der Waals surface area contributed by atoms with Crippen molar-refractivity contribution in [1.82, 2.24) is 24.6 Å². The molecule has 0 aliphatic heterocycles. The number of aryl methyl sites for hydroxylation is 2. The summed E-state index contributed by atoms with van der Waals surface area (Å²) in [5, 5.41) is 5.32. The first-order chi connectivity index (χ1) is 15.6. The molecule has 170 valence electrons. The van der Waals surface area contributed by atoms with Crippen molar-refractivity contribution in [3.63, 3.8) is 0 Å². The number of amides is 1. The molecule has 0 unspecified atom stereocenters. The number of alkyl halides is 3. The minimum atomic E-state index is -4.54. The third-order valence-corrected chi connectivity index (χ3v) is 6.13. The van der Waals surface area contributed by atoms with Crippen LogP contribution in [0.1, 0.15) is 39.8 Å². The molecular formula is C22H18F4N6O. The number of nitrogens with two attached hydrogens (primary N) is 1. The fraction of sp³-hybridized carbons (Fsp3) is 0.273. The van der Waals surface area contributed by atoms with Gasteiger partial charge in [0.25, 0.3) is 5.91 Å². The molecule has 1 aliphatic rings. The summed E-state index contributed by atoms with van der Waals surface area (Å²) in [5.41, 5.74) is 6.53. The fourth-order valence-electron chi connectivity index (χ4n) is 4.49. The van der Waals surface area contributed by atoms with Crippen molar-refractivity contribution in [2.75, 3.05) is 12.8 Å². The van der Waals surface area contributed by atoms with E-state index in [-0.39, 0.29) is 11.4 Å². The third-order valence-electron chi connectivity index (χ3n) is 6.13. The monoisotopic (exact) mass is 458 g/mol. The van der Waals surface area contributed by atoms with Crippen molar-refractivity contribution in [1.29, 1.82) is 0 Å². The molecular weight excluding hydrogens is 440 g/mol. The number of aromatic nitrogens is 4. The van der Waals surface area contributed by atoms with E-state index in [0.29, 0.717) is 45.9 Å². The molecule has 5 rings (SSSR count). The molecule has 0 bridgehead atoms. The first-order valence-electron chi connectivity index (χ1n) is 10.1. The molecule has 0 saturated carbocycles. The van der Waals surface area contributed by atoms with Crippen LogP contribution in [-0.4, -0.2) is 37.6 Å². The number of hydrogen-bond acceptors (Lipinski definition) is 5. The second-order valence-corrected chi connectivity index (χ2v) is 8.08. The van der Waals surface area contributed by atoms with Gasteiger partial charge in [-0.2, -0.15) is 18.3 Å². The van der Waals surface area contributed by atoms with E-state index in [1.165, 1.54) is 24.1 Å². The first-order valence-corrected chi connectivity index (χ1v) is 10.1. The summed E-state index contributed by atoms with van der Waals surface area (Å²) in [6.45, 7) is 0. The quantitative estimate of drug-likeness (QED) is 0.459. The van der Waals surface area contributed by atoms with E-state index in [4.69, 9.17) is 5.73 Å². The van der Waals surface area contributed by atoms with E-state index in [9.17, 15) is 22.4 Å². The van der Waals surface area contributed by atoms with E-state index in [0.717, 1.165) is 12.1 Å². The zero-order valence-corrected chi connectivity index (χ0v) is 17.6. The van der Waals surface area contributed by atoms with Gasteiger partial charge in [0.1, 0.15) is 22.8 Å². The van der Waals surface area contributed by atoms with Crippen LogP contribution in [0.25, 0.3) is 21.8 Å². The standard InChI is InChI=1S/C22H18F4N6O/c1-31(17-5-4-15-10(17)3-6-18(29-15)22(24,25)26)21(33)12-7-11-13-9-28-32(2)19(13)20(27)30-16(11)8-14(12)23/h3,6-9,17H,4-5H2,1-2H3,(H2,27,30)/t17-/m1/s1. The smallest absolute Gasteiger partial charge is 0.382 e. The summed E-state index contributed by atoms with van der Waals surface area (Å²) >= 11 is 0. The van der Waals surface area contributed by atoms with E-state index in [2.05, 4.69) is 15.1 Å². The van der Waals surface area contributed by atoms with Crippen LogP contribution >= 0.6 is 0 Å². The second kappa shape index (κ2) is 7.12. The molecule has 11 heteroatoms. The lowest BCUT2D eigenvalue weighted by Gasteiger charge is -2.26. The number of benzene rings is 1. The Kier molecular flexibility index (Phi) is 4.56. The Morgan fingerprint density at radius 3 is 2.70 bits per heavy atom. The molecule has 3 aromatic heterocycles. The van der Waals surface area contributed by atoms with E-state index >= 15 is 0 Å². The molecule has 33 heavy (non-hydrogen) atoms. The highest BCUT2D eigenvalue weighted by Crippen LogP contribution is 2.38. The number of rotatable bonds is 2. The van der Waals surface area contributed by atoms with Crippen LogP contribution in [0.3, 0.4) is 0 Å². The number of fused-ring (bicyclic) bond motifs is 4. The highest BCUT2D eigenvalue weighted by Gasteiger charge is 2.36. The van der Waals surface area contributed by atoms with Crippen molar-refractivity contribution < 1.29 is 22.4 Å². The molecule has 1 atom stereocenters. The zero-order chi connectivity index (χ0) is 23.7. The van der Waals surface area contributed by atoms with Gasteiger partial charge in [-0.25, -0.2) is 14.4 Å². The Labute approximate surface area is 184 Å². The average Bonchev–Trinajstić information content (AvgIpc) is 3.35. The van der Waals surface area contributed by atoms with Crippen LogP contribution in [0, 0.1) is 5.82 Å². The van der Waals surface area contributed by atoms with Gasteiger partial charge < -0.3 is 10.6 Å². The van der Waals surface area contributed by atoms with Crippen molar-refractivity contribution in [3.8, 4) is 0 Å². The topological polar surface area (TPSA) is 89.9 Å². The summed E-state index contributed by atoms with van der Waals surface area (Å²) in [6.07, 6.45) is -2.28. The van der Waals surface area contributed by atoms with Crippen molar-refractivity contribution in [2.45, 2.75) is 25.1 Å². The van der Waals surface area contributed by atoms with Gasteiger partial charge in [-0.05, 0) is 30.5 Å². The summed E-state index contributed by atoms with van der Waals surface area (Å²) in [5.74, 6) is -1.17. The van der Waals surface area contributed by atoms with Gasteiger partial charge in [-0.15, -0.1) is 0 Å². The Balaban J connectivity index is 1.54. The van der Waals surface area contributed by atoms with Crippen molar-refractivity contribution in [3.05, 3.63) is 58.8 Å². The Hall–Kier alpha value is -3.76. The molecule has 1 amide bonds. The third kappa shape index (κ3) is 3.26. The predicted molar refractivity (Wildman–Crippen MR) is 113 cm³/mol. The van der Waals surface area contributed by atoms with Gasteiger partial charge in [0.05, 0.1) is 23.3 Å². The van der Waals surface area contributed by atoms with E-state index in [1.807, 2.05) is 0 Å².